The molecule has 1 aliphatic heterocycles. The zero-order chi connectivity index (χ0) is 18.6. The van der Waals surface area contributed by atoms with Crippen LogP contribution in [0.2, 0.25) is 0 Å². The SMILES string of the molecule is CC1CC(Cc2cc(-c3cccnc3N)on2)=CN=C1Nc1ccccc1. The topological polar surface area (TPSA) is 89.3 Å². The molecule has 3 heterocycles. The maximum Gasteiger partial charge on any atom is 0.170 e. The van der Waals surface area contributed by atoms with Gasteiger partial charge >= 0.3 is 0 Å². The molecule has 0 fully saturated rings. The molecule has 4 rings (SSSR count). The Labute approximate surface area is 157 Å². The maximum atomic E-state index is 5.91. The van der Waals surface area contributed by atoms with Gasteiger partial charge in [0.15, 0.2) is 5.76 Å². The van der Waals surface area contributed by atoms with Crippen molar-refractivity contribution in [1.29, 1.82) is 0 Å². The van der Waals surface area contributed by atoms with E-state index in [9.17, 15) is 0 Å². The zero-order valence-corrected chi connectivity index (χ0v) is 15.1. The summed E-state index contributed by atoms with van der Waals surface area (Å²) in [6.45, 7) is 2.17. The highest BCUT2D eigenvalue weighted by Crippen LogP contribution is 2.27. The van der Waals surface area contributed by atoms with Gasteiger partial charge in [0.1, 0.15) is 11.7 Å². The summed E-state index contributed by atoms with van der Waals surface area (Å²) in [5.41, 5.74) is 9.80. The second-order valence-electron chi connectivity index (χ2n) is 6.69. The standard InChI is InChI=1S/C21H21N5O/c1-14-10-15(13-24-21(14)25-16-6-3-2-4-7-16)11-17-12-19(27-26-17)18-8-5-9-23-20(18)22/h2-9,12-14H,10-11H2,1H3,(H2,22,23)(H,24,25). The summed E-state index contributed by atoms with van der Waals surface area (Å²) in [5.74, 6) is 2.36. The quantitative estimate of drug-likeness (QED) is 0.725. The molecular formula is C21H21N5O. The molecule has 1 aromatic carbocycles. The zero-order valence-electron chi connectivity index (χ0n) is 15.1. The smallest absolute Gasteiger partial charge is 0.170 e. The van der Waals surface area contributed by atoms with Crippen molar-refractivity contribution in [3.63, 3.8) is 0 Å². The van der Waals surface area contributed by atoms with Crippen molar-refractivity contribution >= 4 is 17.3 Å². The van der Waals surface area contributed by atoms with Gasteiger partial charge in [-0.15, -0.1) is 0 Å². The predicted molar refractivity (Wildman–Crippen MR) is 107 cm³/mol. The van der Waals surface area contributed by atoms with Gasteiger partial charge in [0, 0.05) is 36.5 Å². The number of anilines is 2. The first-order chi connectivity index (χ1) is 13.2. The van der Waals surface area contributed by atoms with Gasteiger partial charge in [-0.25, -0.2) is 9.98 Å². The van der Waals surface area contributed by atoms with Gasteiger partial charge in [-0.05, 0) is 36.3 Å². The van der Waals surface area contributed by atoms with Crippen LogP contribution in [-0.2, 0) is 6.42 Å². The highest BCUT2D eigenvalue weighted by molar-refractivity contribution is 5.98. The lowest BCUT2D eigenvalue weighted by molar-refractivity contribution is 0.424. The van der Waals surface area contributed by atoms with Crippen molar-refractivity contribution in [3.8, 4) is 11.3 Å². The molecule has 0 spiro atoms. The van der Waals surface area contributed by atoms with Crippen LogP contribution in [0.5, 0.6) is 0 Å². The molecule has 0 saturated heterocycles. The van der Waals surface area contributed by atoms with E-state index in [1.807, 2.05) is 54.7 Å². The van der Waals surface area contributed by atoms with Gasteiger partial charge in [-0.2, -0.15) is 0 Å². The van der Waals surface area contributed by atoms with Crippen molar-refractivity contribution in [1.82, 2.24) is 10.1 Å². The third-order valence-electron chi connectivity index (χ3n) is 4.54. The third kappa shape index (κ3) is 3.89. The number of nitrogens with two attached hydrogens (primary N) is 1. The number of amidine groups is 1. The monoisotopic (exact) mass is 359 g/mol. The Kier molecular flexibility index (Phi) is 4.70. The van der Waals surface area contributed by atoms with Gasteiger partial charge in [0.05, 0.1) is 11.3 Å². The number of nitrogens with zero attached hydrogens (tertiary/aromatic N) is 3. The number of benzene rings is 1. The molecule has 6 nitrogen and oxygen atoms in total. The highest BCUT2D eigenvalue weighted by atomic mass is 16.5. The van der Waals surface area contributed by atoms with Gasteiger partial charge in [0.2, 0.25) is 0 Å². The molecule has 136 valence electrons. The van der Waals surface area contributed by atoms with Crippen molar-refractivity contribution in [3.05, 3.63) is 72.2 Å². The van der Waals surface area contributed by atoms with Gasteiger partial charge in [0.25, 0.3) is 0 Å². The number of rotatable bonds is 4. The number of hydrogen-bond donors (Lipinski definition) is 2. The van der Waals surface area contributed by atoms with Gasteiger partial charge in [-0.1, -0.05) is 30.3 Å². The second-order valence-corrected chi connectivity index (χ2v) is 6.69. The molecule has 1 atom stereocenters. The third-order valence-corrected chi connectivity index (χ3v) is 4.54. The summed E-state index contributed by atoms with van der Waals surface area (Å²) < 4.78 is 5.45. The van der Waals surface area contributed by atoms with Crippen molar-refractivity contribution in [2.75, 3.05) is 11.1 Å². The molecule has 1 unspecified atom stereocenters. The Morgan fingerprint density at radius 2 is 2.04 bits per heavy atom. The molecule has 0 radical (unpaired) electrons. The Morgan fingerprint density at radius 1 is 1.19 bits per heavy atom. The summed E-state index contributed by atoms with van der Waals surface area (Å²) in [6.07, 6.45) is 5.22. The Morgan fingerprint density at radius 3 is 2.81 bits per heavy atom. The number of aromatic nitrogens is 2. The second kappa shape index (κ2) is 7.45. The van der Waals surface area contributed by atoms with Crippen LogP contribution < -0.4 is 11.1 Å². The van der Waals surface area contributed by atoms with Crippen molar-refractivity contribution in [2.45, 2.75) is 19.8 Å². The van der Waals surface area contributed by atoms with E-state index in [0.29, 0.717) is 23.9 Å². The van der Waals surface area contributed by atoms with E-state index in [1.165, 1.54) is 5.57 Å². The number of nitrogen functional groups attached to an aromatic ring is 1. The molecule has 27 heavy (non-hydrogen) atoms. The van der Waals surface area contributed by atoms with Crippen molar-refractivity contribution in [2.24, 2.45) is 10.9 Å². The lowest BCUT2D eigenvalue weighted by Crippen LogP contribution is -2.23. The molecule has 2 aromatic heterocycles. The van der Waals surface area contributed by atoms with E-state index in [0.717, 1.165) is 29.2 Å². The van der Waals surface area contributed by atoms with E-state index in [4.69, 9.17) is 10.3 Å². The first-order valence-electron chi connectivity index (χ1n) is 8.93. The van der Waals surface area contributed by atoms with Crippen LogP contribution in [0.1, 0.15) is 19.0 Å². The van der Waals surface area contributed by atoms with E-state index >= 15 is 0 Å². The summed E-state index contributed by atoms with van der Waals surface area (Å²) in [4.78, 5) is 8.70. The van der Waals surface area contributed by atoms with Crippen LogP contribution in [0.15, 0.2) is 76.0 Å². The largest absolute Gasteiger partial charge is 0.383 e. The average Bonchev–Trinajstić information content (AvgIpc) is 3.13. The normalized spacial score (nSPS) is 16.6. The van der Waals surface area contributed by atoms with Crippen LogP contribution in [0.25, 0.3) is 11.3 Å². The van der Waals surface area contributed by atoms with Crippen molar-refractivity contribution < 1.29 is 4.52 Å². The van der Waals surface area contributed by atoms with E-state index < -0.39 is 0 Å². The number of nitrogens with one attached hydrogen (secondary N) is 1. The fourth-order valence-electron chi connectivity index (χ4n) is 3.15. The Bertz CT molecular complexity index is 991. The average molecular weight is 359 g/mol. The number of allylic oxidation sites excluding steroid dienone is 1. The van der Waals surface area contributed by atoms with Crippen LogP contribution in [0, 0.1) is 5.92 Å². The van der Waals surface area contributed by atoms with Gasteiger partial charge < -0.3 is 15.6 Å². The maximum absolute atomic E-state index is 5.91. The molecule has 6 heteroatoms. The molecular weight excluding hydrogens is 338 g/mol. The van der Waals surface area contributed by atoms with E-state index in [-0.39, 0.29) is 0 Å². The molecule has 3 aromatic rings. The Hall–Kier alpha value is -3.41. The van der Waals surface area contributed by atoms with Crippen LogP contribution in [0.3, 0.4) is 0 Å². The van der Waals surface area contributed by atoms with Crippen LogP contribution in [0.4, 0.5) is 11.5 Å². The lowest BCUT2D eigenvalue weighted by Gasteiger charge is -2.21. The molecule has 0 aliphatic carbocycles. The first kappa shape index (κ1) is 17.0. The number of aliphatic imine (C=N–C) groups is 1. The number of pyridine rings is 1. The first-order valence-corrected chi connectivity index (χ1v) is 8.93. The van der Waals surface area contributed by atoms with E-state index in [2.05, 4.69) is 27.4 Å². The fourth-order valence-corrected chi connectivity index (χ4v) is 3.15. The highest BCUT2D eigenvalue weighted by Gasteiger charge is 2.19. The molecule has 0 bridgehead atoms. The summed E-state index contributed by atoms with van der Waals surface area (Å²) >= 11 is 0. The number of hydrogen-bond acceptors (Lipinski definition) is 6. The minimum atomic E-state index is 0.311. The predicted octanol–water partition coefficient (Wildman–Crippen LogP) is 4.30. The molecule has 0 amide bonds. The summed E-state index contributed by atoms with van der Waals surface area (Å²) in [7, 11) is 0. The van der Waals surface area contributed by atoms with Gasteiger partial charge in [-0.3, -0.25) is 0 Å². The van der Waals surface area contributed by atoms with Crippen LogP contribution >= 0.6 is 0 Å². The molecule has 1 aliphatic rings. The minimum absolute atomic E-state index is 0.311. The minimum Gasteiger partial charge on any atom is -0.383 e. The fraction of sp³-hybridized carbons (Fsp3) is 0.190. The molecule has 0 saturated carbocycles. The van der Waals surface area contributed by atoms with Crippen LogP contribution in [-0.4, -0.2) is 16.0 Å². The lowest BCUT2D eigenvalue weighted by atomic mass is 9.95. The summed E-state index contributed by atoms with van der Waals surface area (Å²) in [5, 5.41) is 7.57. The Balaban J connectivity index is 1.47. The molecule has 3 N–H and O–H groups in total. The number of para-hydroxylation sites is 1. The van der Waals surface area contributed by atoms with E-state index in [1.54, 1.807) is 6.20 Å². The summed E-state index contributed by atoms with van der Waals surface area (Å²) in [6, 6.07) is 15.7.